The van der Waals surface area contributed by atoms with E-state index in [1.54, 1.807) is 0 Å². The van der Waals surface area contributed by atoms with Gasteiger partial charge in [-0.05, 0) is 40.2 Å². The molecule has 0 saturated carbocycles. The van der Waals surface area contributed by atoms with Crippen LogP contribution in [0.4, 0.5) is 0 Å². The highest BCUT2D eigenvalue weighted by Crippen LogP contribution is 2.26. The molecular weight excluding hydrogens is 168 g/mol. The van der Waals surface area contributed by atoms with Gasteiger partial charge in [-0.3, -0.25) is 9.69 Å². The summed E-state index contributed by atoms with van der Waals surface area (Å²) in [5.41, 5.74) is 1.44. The van der Waals surface area contributed by atoms with Crippen LogP contribution in [0.3, 0.4) is 0 Å². The van der Waals surface area contributed by atoms with Crippen molar-refractivity contribution in [1.82, 2.24) is 10.4 Å². The zero-order chi connectivity index (χ0) is 10.1. The Morgan fingerprint density at radius 1 is 1.54 bits per heavy atom. The Morgan fingerprint density at radius 2 is 2.15 bits per heavy atom. The van der Waals surface area contributed by atoms with E-state index in [1.165, 1.54) is 5.48 Å². The molecule has 76 valence electrons. The molecule has 1 rings (SSSR count). The standard InChI is InChI=1S/C9H17N2O2/c1-9(2,3)11-6-4-5-7(11)8(12)10-13/h7H,4-6H2,1-3H3,(H-,10,12,13)/q-1/t7-/m0/s1. The third kappa shape index (κ3) is 2.19. The maximum absolute atomic E-state index is 11.2. The fourth-order valence-corrected chi connectivity index (χ4v) is 1.91. The molecule has 0 radical (unpaired) electrons. The minimum absolute atomic E-state index is 0.0341. The molecule has 13 heavy (non-hydrogen) atoms. The minimum atomic E-state index is -0.396. The van der Waals surface area contributed by atoms with E-state index in [2.05, 4.69) is 25.7 Å². The lowest BCUT2D eigenvalue weighted by Gasteiger charge is -2.36. The first-order chi connectivity index (χ1) is 5.96. The molecule has 0 aromatic rings. The van der Waals surface area contributed by atoms with Crippen LogP contribution in [0.25, 0.3) is 0 Å². The highest BCUT2D eigenvalue weighted by atomic mass is 16.5. The molecule has 1 amide bonds. The maximum Gasteiger partial charge on any atom is 0.226 e. The Labute approximate surface area is 78.9 Å². The van der Waals surface area contributed by atoms with Crippen LogP contribution in [-0.2, 0) is 4.79 Å². The first kappa shape index (κ1) is 10.5. The molecule has 0 aromatic heterocycles. The second-order valence-electron chi connectivity index (χ2n) is 4.49. The average molecular weight is 185 g/mol. The van der Waals surface area contributed by atoms with E-state index in [0.717, 1.165) is 19.4 Å². The fourth-order valence-electron chi connectivity index (χ4n) is 1.91. The number of hydrogen-bond donors (Lipinski definition) is 1. The van der Waals surface area contributed by atoms with Gasteiger partial charge in [0.1, 0.15) is 0 Å². The van der Waals surface area contributed by atoms with Crippen molar-refractivity contribution >= 4 is 5.91 Å². The third-order valence-electron chi connectivity index (χ3n) is 2.52. The molecule has 4 nitrogen and oxygen atoms in total. The monoisotopic (exact) mass is 185 g/mol. The van der Waals surface area contributed by atoms with E-state index >= 15 is 0 Å². The highest BCUT2D eigenvalue weighted by Gasteiger charge is 2.35. The second kappa shape index (κ2) is 3.64. The molecule has 1 aliphatic rings. The molecule has 0 aromatic carbocycles. The van der Waals surface area contributed by atoms with Gasteiger partial charge in [0.05, 0.1) is 6.04 Å². The van der Waals surface area contributed by atoms with Gasteiger partial charge in [0, 0.05) is 5.54 Å². The van der Waals surface area contributed by atoms with Gasteiger partial charge < -0.3 is 10.7 Å². The van der Waals surface area contributed by atoms with Crippen LogP contribution >= 0.6 is 0 Å². The predicted octanol–water partition coefficient (Wildman–Crippen LogP) is 0.863. The van der Waals surface area contributed by atoms with Crippen molar-refractivity contribution in [3.8, 4) is 0 Å². The molecule has 1 atom stereocenters. The summed E-state index contributed by atoms with van der Waals surface area (Å²) < 4.78 is 0. The third-order valence-corrected chi connectivity index (χ3v) is 2.52. The lowest BCUT2D eigenvalue weighted by Crippen LogP contribution is -2.50. The highest BCUT2D eigenvalue weighted by molar-refractivity contribution is 5.82. The van der Waals surface area contributed by atoms with Crippen molar-refractivity contribution < 1.29 is 4.79 Å². The zero-order valence-corrected chi connectivity index (χ0v) is 8.46. The predicted molar refractivity (Wildman–Crippen MR) is 51.0 cm³/mol. The van der Waals surface area contributed by atoms with Crippen LogP contribution in [-0.4, -0.2) is 28.9 Å². The quantitative estimate of drug-likeness (QED) is 0.616. The van der Waals surface area contributed by atoms with Crippen LogP contribution in [0.15, 0.2) is 0 Å². The zero-order valence-electron chi connectivity index (χ0n) is 8.46. The van der Waals surface area contributed by atoms with Crippen LogP contribution in [0, 0.1) is 5.21 Å². The van der Waals surface area contributed by atoms with Crippen LogP contribution in [0.2, 0.25) is 0 Å². The van der Waals surface area contributed by atoms with Crippen molar-refractivity contribution in [2.24, 2.45) is 0 Å². The first-order valence-electron chi connectivity index (χ1n) is 4.65. The van der Waals surface area contributed by atoms with Gasteiger partial charge in [-0.1, -0.05) is 0 Å². The van der Waals surface area contributed by atoms with Crippen LogP contribution in [0.5, 0.6) is 0 Å². The molecule has 0 aliphatic carbocycles. The second-order valence-corrected chi connectivity index (χ2v) is 4.49. The van der Waals surface area contributed by atoms with E-state index in [-0.39, 0.29) is 11.6 Å². The molecule has 0 bridgehead atoms. The SMILES string of the molecule is CC(C)(C)N1CCC[C@H]1C(=O)N[O-]. The first-order valence-corrected chi connectivity index (χ1v) is 4.65. The van der Waals surface area contributed by atoms with E-state index in [9.17, 15) is 10.0 Å². The smallest absolute Gasteiger partial charge is 0.226 e. The Morgan fingerprint density at radius 3 is 2.62 bits per heavy atom. The number of hydroxylamine groups is 1. The topological polar surface area (TPSA) is 55.4 Å². The number of nitrogens with one attached hydrogen (secondary N) is 1. The summed E-state index contributed by atoms with van der Waals surface area (Å²) in [6, 6.07) is -0.225. The summed E-state index contributed by atoms with van der Waals surface area (Å²) in [5, 5.41) is 10.3. The van der Waals surface area contributed by atoms with Crippen LogP contribution < -0.4 is 5.48 Å². The van der Waals surface area contributed by atoms with E-state index in [1.807, 2.05) is 0 Å². The lowest BCUT2D eigenvalue weighted by molar-refractivity contribution is -0.126. The van der Waals surface area contributed by atoms with Crippen LogP contribution in [0.1, 0.15) is 33.6 Å². The van der Waals surface area contributed by atoms with E-state index < -0.39 is 5.91 Å². The molecular formula is C9H17N2O2-. The minimum Gasteiger partial charge on any atom is -0.759 e. The number of carbonyl (C=O) groups is 1. The van der Waals surface area contributed by atoms with Gasteiger partial charge in [0.2, 0.25) is 5.91 Å². The van der Waals surface area contributed by atoms with Crippen molar-refractivity contribution in [3.63, 3.8) is 0 Å². The molecule has 0 unspecified atom stereocenters. The number of carbonyl (C=O) groups excluding carboxylic acids is 1. The maximum atomic E-state index is 11.2. The summed E-state index contributed by atoms with van der Waals surface area (Å²) in [5.74, 6) is -0.396. The van der Waals surface area contributed by atoms with E-state index in [4.69, 9.17) is 0 Å². The summed E-state index contributed by atoms with van der Waals surface area (Å²) in [6.07, 6.45) is 1.79. The summed E-state index contributed by atoms with van der Waals surface area (Å²) in [4.78, 5) is 13.3. The van der Waals surface area contributed by atoms with Gasteiger partial charge >= 0.3 is 0 Å². The average Bonchev–Trinajstić information content (AvgIpc) is 2.49. The van der Waals surface area contributed by atoms with Crippen molar-refractivity contribution in [1.29, 1.82) is 0 Å². The Hall–Kier alpha value is -0.610. The number of nitrogens with zero attached hydrogens (tertiary/aromatic N) is 1. The Balaban J connectivity index is 2.70. The number of amides is 1. The normalized spacial score (nSPS) is 24.8. The van der Waals surface area contributed by atoms with Gasteiger partial charge in [0.15, 0.2) is 0 Å². The Bertz CT molecular complexity index is 198. The fraction of sp³-hybridized carbons (Fsp3) is 0.889. The Kier molecular flexibility index (Phi) is 2.93. The van der Waals surface area contributed by atoms with Crippen molar-refractivity contribution in [3.05, 3.63) is 5.21 Å². The van der Waals surface area contributed by atoms with E-state index in [0.29, 0.717) is 0 Å². The van der Waals surface area contributed by atoms with Gasteiger partial charge in [-0.2, -0.15) is 0 Å². The van der Waals surface area contributed by atoms with Crippen molar-refractivity contribution in [2.45, 2.75) is 45.2 Å². The summed E-state index contributed by atoms with van der Waals surface area (Å²) in [7, 11) is 0. The number of likely N-dealkylation sites (tertiary alicyclic amines) is 1. The molecule has 1 N–H and O–H groups in total. The molecule has 1 heterocycles. The van der Waals surface area contributed by atoms with Gasteiger partial charge in [0.25, 0.3) is 0 Å². The number of hydrogen-bond acceptors (Lipinski definition) is 3. The molecule has 4 heteroatoms. The largest absolute Gasteiger partial charge is 0.759 e. The lowest BCUT2D eigenvalue weighted by atomic mass is 10.0. The molecule has 1 aliphatic heterocycles. The van der Waals surface area contributed by atoms with Gasteiger partial charge in [-0.25, -0.2) is 0 Å². The van der Waals surface area contributed by atoms with Gasteiger partial charge in [-0.15, -0.1) is 0 Å². The number of rotatable bonds is 1. The molecule has 0 spiro atoms. The molecule has 1 saturated heterocycles. The summed E-state index contributed by atoms with van der Waals surface area (Å²) in [6.45, 7) is 7.08. The molecule has 1 fully saturated rings. The summed E-state index contributed by atoms with van der Waals surface area (Å²) >= 11 is 0. The van der Waals surface area contributed by atoms with Crippen molar-refractivity contribution in [2.75, 3.05) is 6.54 Å².